The van der Waals surface area contributed by atoms with Crippen molar-refractivity contribution in [2.45, 2.75) is 39.3 Å². The Kier molecular flexibility index (Phi) is 3.94. The number of anilines is 1. The third kappa shape index (κ3) is 2.94. The minimum atomic E-state index is 0.648. The van der Waals surface area contributed by atoms with Gasteiger partial charge in [0.2, 0.25) is 0 Å². The van der Waals surface area contributed by atoms with E-state index in [-0.39, 0.29) is 0 Å². The highest BCUT2D eigenvalue weighted by molar-refractivity contribution is 5.29. The molecule has 0 aliphatic carbocycles. The molecule has 0 radical (unpaired) electrons. The Balaban J connectivity index is 1.99. The molecule has 4 nitrogen and oxygen atoms in total. The van der Waals surface area contributed by atoms with Crippen molar-refractivity contribution in [2.75, 3.05) is 18.9 Å². The Morgan fingerprint density at radius 3 is 2.82 bits per heavy atom. The van der Waals surface area contributed by atoms with Gasteiger partial charge >= 0.3 is 0 Å². The van der Waals surface area contributed by atoms with Crippen LogP contribution in [-0.4, -0.2) is 34.5 Å². The molecule has 0 bridgehead atoms. The SMILES string of the molecule is CNc1cnc(CN2CCCC(C)C2C)cn1. The van der Waals surface area contributed by atoms with Crippen LogP contribution in [0, 0.1) is 5.92 Å². The highest BCUT2D eigenvalue weighted by Gasteiger charge is 2.24. The van der Waals surface area contributed by atoms with Gasteiger partial charge in [-0.1, -0.05) is 6.92 Å². The normalized spacial score (nSPS) is 25.8. The quantitative estimate of drug-likeness (QED) is 0.870. The fraction of sp³-hybridized carbons (Fsp3) is 0.692. The lowest BCUT2D eigenvalue weighted by Crippen LogP contribution is -2.41. The van der Waals surface area contributed by atoms with Gasteiger partial charge in [0.25, 0.3) is 0 Å². The third-order valence-electron chi connectivity index (χ3n) is 3.83. The molecular formula is C13H22N4. The van der Waals surface area contributed by atoms with Crippen LogP contribution in [0.2, 0.25) is 0 Å². The fourth-order valence-electron chi connectivity index (χ4n) is 2.42. The molecule has 1 aromatic rings. The Hall–Kier alpha value is -1.16. The predicted molar refractivity (Wildman–Crippen MR) is 69.8 cm³/mol. The second kappa shape index (κ2) is 5.45. The first-order valence-corrected chi connectivity index (χ1v) is 6.43. The number of aromatic nitrogens is 2. The Morgan fingerprint density at radius 2 is 2.18 bits per heavy atom. The van der Waals surface area contributed by atoms with Gasteiger partial charge in [-0.25, -0.2) is 4.98 Å². The maximum atomic E-state index is 4.44. The monoisotopic (exact) mass is 234 g/mol. The molecule has 1 aliphatic rings. The number of piperidine rings is 1. The summed E-state index contributed by atoms with van der Waals surface area (Å²) >= 11 is 0. The van der Waals surface area contributed by atoms with Gasteiger partial charge in [0, 0.05) is 19.6 Å². The van der Waals surface area contributed by atoms with Gasteiger partial charge in [0.1, 0.15) is 5.82 Å². The Labute approximate surface area is 103 Å². The maximum Gasteiger partial charge on any atom is 0.144 e. The van der Waals surface area contributed by atoms with E-state index in [1.54, 1.807) is 6.20 Å². The molecule has 94 valence electrons. The molecule has 0 spiro atoms. The van der Waals surface area contributed by atoms with Crippen molar-refractivity contribution >= 4 is 5.82 Å². The first-order valence-electron chi connectivity index (χ1n) is 6.43. The average molecular weight is 234 g/mol. The number of hydrogen-bond acceptors (Lipinski definition) is 4. The molecule has 1 aromatic heterocycles. The molecule has 2 rings (SSSR count). The summed E-state index contributed by atoms with van der Waals surface area (Å²) in [4.78, 5) is 11.3. The molecular weight excluding hydrogens is 212 g/mol. The second-order valence-corrected chi connectivity index (χ2v) is 4.97. The minimum Gasteiger partial charge on any atom is -0.372 e. The zero-order chi connectivity index (χ0) is 12.3. The van der Waals surface area contributed by atoms with Gasteiger partial charge < -0.3 is 5.32 Å². The topological polar surface area (TPSA) is 41.1 Å². The molecule has 2 heterocycles. The first kappa shape index (κ1) is 12.3. The molecule has 0 aromatic carbocycles. The standard InChI is InChI=1S/C13H22N4/c1-10-5-4-6-17(11(10)2)9-12-7-16-13(14-3)8-15-12/h7-8,10-11H,4-6,9H2,1-3H3,(H,14,16). The van der Waals surface area contributed by atoms with E-state index in [9.17, 15) is 0 Å². The van der Waals surface area contributed by atoms with Crippen molar-refractivity contribution in [2.24, 2.45) is 5.92 Å². The van der Waals surface area contributed by atoms with Crippen molar-refractivity contribution in [3.8, 4) is 0 Å². The van der Waals surface area contributed by atoms with Gasteiger partial charge in [0.05, 0.1) is 18.1 Å². The fourth-order valence-corrected chi connectivity index (χ4v) is 2.42. The van der Waals surface area contributed by atoms with E-state index in [2.05, 4.69) is 34.0 Å². The maximum absolute atomic E-state index is 4.44. The molecule has 0 amide bonds. The highest BCUT2D eigenvalue weighted by Crippen LogP contribution is 2.23. The van der Waals surface area contributed by atoms with Crippen molar-refractivity contribution in [3.63, 3.8) is 0 Å². The first-order chi connectivity index (χ1) is 8.20. The van der Waals surface area contributed by atoms with E-state index in [1.807, 2.05) is 13.2 Å². The van der Waals surface area contributed by atoms with Crippen molar-refractivity contribution in [1.29, 1.82) is 0 Å². The minimum absolute atomic E-state index is 0.648. The lowest BCUT2D eigenvalue weighted by Gasteiger charge is -2.37. The van der Waals surface area contributed by atoms with Gasteiger partial charge in [-0.05, 0) is 32.2 Å². The highest BCUT2D eigenvalue weighted by atomic mass is 15.2. The number of likely N-dealkylation sites (tertiary alicyclic amines) is 1. The van der Waals surface area contributed by atoms with Crippen LogP contribution in [0.1, 0.15) is 32.4 Å². The van der Waals surface area contributed by atoms with E-state index in [0.717, 1.165) is 24.0 Å². The number of hydrogen-bond donors (Lipinski definition) is 1. The molecule has 1 N–H and O–H groups in total. The summed E-state index contributed by atoms with van der Waals surface area (Å²) in [6, 6.07) is 0.648. The van der Waals surface area contributed by atoms with Gasteiger partial charge in [-0.3, -0.25) is 9.88 Å². The summed E-state index contributed by atoms with van der Waals surface area (Å²) in [6.07, 6.45) is 6.32. The van der Waals surface area contributed by atoms with Crippen molar-refractivity contribution in [3.05, 3.63) is 18.1 Å². The van der Waals surface area contributed by atoms with Crippen LogP contribution in [0.3, 0.4) is 0 Å². The molecule has 2 atom stereocenters. The molecule has 1 fully saturated rings. The number of nitrogens with zero attached hydrogens (tertiary/aromatic N) is 3. The summed E-state index contributed by atoms with van der Waals surface area (Å²) < 4.78 is 0. The Morgan fingerprint density at radius 1 is 1.35 bits per heavy atom. The van der Waals surface area contributed by atoms with Gasteiger partial charge in [0.15, 0.2) is 0 Å². The molecule has 1 saturated heterocycles. The smallest absolute Gasteiger partial charge is 0.144 e. The summed E-state index contributed by atoms with van der Waals surface area (Å²) in [6.45, 7) is 6.76. The van der Waals surface area contributed by atoms with E-state index in [0.29, 0.717) is 6.04 Å². The van der Waals surface area contributed by atoms with E-state index < -0.39 is 0 Å². The average Bonchev–Trinajstić information content (AvgIpc) is 2.36. The van der Waals surface area contributed by atoms with E-state index >= 15 is 0 Å². The zero-order valence-corrected chi connectivity index (χ0v) is 11.0. The van der Waals surface area contributed by atoms with Gasteiger partial charge in [-0.15, -0.1) is 0 Å². The summed E-state index contributed by atoms with van der Waals surface area (Å²) in [5.41, 5.74) is 1.06. The third-order valence-corrected chi connectivity index (χ3v) is 3.83. The van der Waals surface area contributed by atoms with E-state index in [1.165, 1.54) is 19.4 Å². The molecule has 2 unspecified atom stereocenters. The van der Waals surface area contributed by atoms with E-state index in [4.69, 9.17) is 0 Å². The zero-order valence-electron chi connectivity index (χ0n) is 11.0. The number of nitrogens with one attached hydrogen (secondary N) is 1. The molecule has 1 aliphatic heterocycles. The van der Waals surface area contributed by atoms with Gasteiger partial charge in [-0.2, -0.15) is 0 Å². The van der Waals surface area contributed by atoms with Crippen LogP contribution in [0.4, 0.5) is 5.82 Å². The summed E-state index contributed by atoms with van der Waals surface area (Å²) in [7, 11) is 1.86. The predicted octanol–water partition coefficient (Wildman–Crippen LogP) is 2.14. The summed E-state index contributed by atoms with van der Waals surface area (Å²) in [5, 5.41) is 2.99. The van der Waals surface area contributed by atoms with Crippen LogP contribution in [0.15, 0.2) is 12.4 Å². The largest absolute Gasteiger partial charge is 0.372 e. The van der Waals surface area contributed by atoms with Crippen LogP contribution < -0.4 is 5.32 Å². The van der Waals surface area contributed by atoms with Crippen LogP contribution in [0.25, 0.3) is 0 Å². The number of rotatable bonds is 3. The Bertz CT molecular complexity index is 349. The lowest BCUT2D eigenvalue weighted by atomic mass is 9.92. The molecule has 0 saturated carbocycles. The van der Waals surface area contributed by atoms with Crippen molar-refractivity contribution < 1.29 is 0 Å². The van der Waals surface area contributed by atoms with Crippen LogP contribution in [-0.2, 0) is 6.54 Å². The van der Waals surface area contributed by atoms with Crippen LogP contribution >= 0.6 is 0 Å². The van der Waals surface area contributed by atoms with Crippen molar-refractivity contribution in [1.82, 2.24) is 14.9 Å². The van der Waals surface area contributed by atoms with Crippen LogP contribution in [0.5, 0.6) is 0 Å². The molecule has 17 heavy (non-hydrogen) atoms. The second-order valence-electron chi connectivity index (χ2n) is 4.97. The molecule has 4 heteroatoms. The summed E-state index contributed by atoms with van der Waals surface area (Å²) in [5.74, 6) is 1.61. The lowest BCUT2D eigenvalue weighted by molar-refractivity contribution is 0.105.